The third kappa shape index (κ3) is 7.54. The van der Waals surface area contributed by atoms with Gasteiger partial charge in [0.05, 0.1) is 41.5 Å². The second-order valence-corrected chi connectivity index (χ2v) is 16.6. The number of piperidine rings is 1. The molecule has 3 aromatic carbocycles. The van der Waals surface area contributed by atoms with E-state index < -0.39 is 13.0 Å². The van der Waals surface area contributed by atoms with Crippen LogP contribution in [-0.2, 0) is 15.7 Å². The monoisotopic (exact) mass is 736 g/mol. The van der Waals surface area contributed by atoms with E-state index in [0.29, 0.717) is 39.3 Å². The summed E-state index contributed by atoms with van der Waals surface area (Å²) >= 11 is 3.53. The van der Waals surface area contributed by atoms with E-state index in [1.165, 1.54) is 11.3 Å². The molecule has 12 heteroatoms. The predicted molar refractivity (Wildman–Crippen MR) is 197 cm³/mol. The molecule has 2 aliphatic heterocycles. The standard InChI is InChI=1S/C36H43BrFN6O3P/c1-5-24-21-30(32(46-2)22-31(24)44-15-13-26(14-16-44)43-17-19-47-20-18-43)41-36-39-23-28(37)35(42-36)40-29-12-11-27(25-9-7-6-8-10-25)33(38)34(29)48(3,4)45/h6-12,21-23,26H,5,13-20H2,1-4H3,(H2,39,40,41,42). The first-order valence-electron chi connectivity index (χ1n) is 16.4. The summed E-state index contributed by atoms with van der Waals surface area (Å²) in [6.45, 7) is 11.0. The van der Waals surface area contributed by atoms with Crippen molar-refractivity contribution in [2.45, 2.75) is 32.2 Å². The van der Waals surface area contributed by atoms with E-state index in [1.807, 2.05) is 30.3 Å². The third-order valence-corrected chi connectivity index (χ3v) is 11.2. The van der Waals surface area contributed by atoms with Gasteiger partial charge in [0.15, 0.2) is 0 Å². The van der Waals surface area contributed by atoms with Crippen molar-refractivity contribution in [1.82, 2.24) is 14.9 Å². The molecular weight excluding hydrogens is 694 g/mol. The van der Waals surface area contributed by atoms with Crippen LogP contribution in [0.2, 0.25) is 0 Å². The molecule has 1 aromatic heterocycles. The minimum atomic E-state index is -3.05. The highest BCUT2D eigenvalue weighted by Gasteiger charge is 2.28. The Morgan fingerprint density at radius 1 is 1.02 bits per heavy atom. The predicted octanol–water partition coefficient (Wildman–Crippen LogP) is 7.65. The largest absolute Gasteiger partial charge is 0.494 e. The molecule has 0 amide bonds. The molecule has 0 atom stereocenters. The lowest BCUT2D eigenvalue weighted by molar-refractivity contribution is 0.0115. The number of anilines is 5. The third-order valence-electron chi connectivity index (χ3n) is 9.13. The van der Waals surface area contributed by atoms with Crippen molar-refractivity contribution >= 4 is 57.2 Å². The average Bonchev–Trinajstić information content (AvgIpc) is 3.10. The molecule has 0 saturated carbocycles. The lowest BCUT2D eigenvalue weighted by atomic mass is 10.00. The van der Waals surface area contributed by atoms with Gasteiger partial charge in [-0.1, -0.05) is 37.3 Å². The lowest BCUT2D eigenvalue weighted by Crippen LogP contribution is -2.49. The molecule has 6 rings (SSSR count). The number of ether oxygens (including phenoxy) is 2. The van der Waals surface area contributed by atoms with E-state index in [0.717, 1.165) is 69.9 Å². The first-order chi connectivity index (χ1) is 23.2. The number of nitrogens with one attached hydrogen (secondary N) is 2. The summed E-state index contributed by atoms with van der Waals surface area (Å²) in [6.07, 6.45) is 4.73. The highest BCUT2D eigenvalue weighted by Crippen LogP contribution is 2.43. The van der Waals surface area contributed by atoms with Crippen LogP contribution in [-0.4, -0.2) is 80.7 Å². The van der Waals surface area contributed by atoms with Gasteiger partial charge in [0.2, 0.25) is 5.95 Å². The fraction of sp³-hybridized carbons (Fsp3) is 0.389. The first kappa shape index (κ1) is 34.4. The smallest absolute Gasteiger partial charge is 0.229 e. The van der Waals surface area contributed by atoms with E-state index >= 15 is 4.39 Å². The Balaban J connectivity index is 1.24. The van der Waals surface area contributed by atoms with Gasteiger partial charge >= 0.3 is 0 Å². The van der Waals surface area contributed by atoms with Crippen LogP contribution in [0.4, 0.5) is 33.2 Å². The van der Waals surface area contributed by atoms with Crippen LogP contribution < -0.4 is 25.6 Å². The lowest BCUT2D eigenvalue weighted by Gasteiger charge is -2.41. The second-order valence-electron chi connectivity index (χ2n) is 12.6. The van der Waals surface area contributed by atoms with E-state index in [9.17, 15) is 4.57 Å². The van der Waals surface area contributed by atoms with E-state index in [2.05, 4.69) is 60.4 Å². The number of aromatic nitrogens is 2. The molecule has 0 aliphatic carbocycles. The van der Waals surface area contributed by atoms with Crippen LogP contribution in [0.1, 0.15) is 25.3 Å². The fourth-order valence-corrected chi connectivity index (χ4v) is 8.26. The zero-order valence-corrected chi connectivity index (χ0v) is 30.4. The number of halogens is 2. The van der Waals surface area contributed by atoms with Gasteiger partial charge in [-0.2, -0.15) is 4.98 Å². The number of hydrogen-bond donors (Lipinski definition) is 2. The number of methoxy groups -OCH3 is 1. The van der Waals surface area contributed by atoms with Crippen LogP contribution in [0.5, 0.6) is 5.75 Å². The summed E-state index contributed by atoms with van der Waals surface area (Å²) < 4.78 is 41.4. The molecule has 4 aromatic rings. The Morgan fingerprint density at radius 2 is 1.75 bits per heavy atom. The average molecular weight is 738 g/mol. The molecule has 2 saturated heterocycles. The van der Waals surface area contributed by atoms with Crippen LogP contribution in [0.3, 0.4) is 0 Å². The normalized spacial score (nSPS) is 16.2. The van der Waals surface area contributed by atoms with Gasteiger partial charge in [-0.25, -0.2) is 9.37 Å². The van der Waals surface area contributed by atoms with Gasteiger partial charge in [0, 0.05) is 55.7 Å². The SMILES string of the molecule is CCc1cc(Nc2ncc(Br)c(Nc3ccc(-c4ccccc4)c(F)c3P(C)(C)=O)n2)c(OC)cc1N1CCC(N2CCOCC2)CC1. The van der Waals surface area contributed by atoms with Gasteiger partial charge < -0.3 is 29.6 Å². The van der Waals surface area contributed by atoms with Gasteiger partial charge in [0.25, 0.3) is 0 Å². The number of nitrogens with zero attached hydrogens (tertiary/aromatic N) is 4. The van der Waals surface area contributed by atoms with Crippen molar-refractivity contribution in [2.24, 2.45) is 0 Å². The van der Waals surface area contributed by atoms with Crippen molar-refractivity contribution in [3.05, 3.63) is 76.6 Å². The Kier molecular flexibility index (Phi) is 10.7. The highest BCUT2D eigenvalue weighted by molar-refractivity contribution is 9.10. The van der Waals surface area contributed by atoms with Crippen LogP contribution in [0.15, 0.2) is 65.3 Å². The Hall–Kier alpha value is -3.50. The van der Waals surface area contributed by atoms with Gasteiger partial charge in [-0.3, -0.25) is 4.90 Å². The van der Waals surface area contributed by atoms with Crippen LogP contribution in [0, 0.1) is 5.82 Å². The molecule has 0 spiro atoms. The van der Waals surface area contributed by atoms with Crippen LogP contribution in [0.25, 0.3) is 11.1 Å². The van der Waals surface area contributed by atoms with Crippen molar-refractivity contribution < 1.29 is 18.4 Å². The summed E-state index contributed by atoms with van der Waals surface area (Å²) in [5.41, 5.74) is 4.65. The molecule has 254 valence electrons. The number of hydrogen-bond acceptors (Lipinski definition) is 9. The van der Waals surface area contributed by atoms with Crippen molar-refractivity contribution in [1.29, 1.82) is 0 Å². The zero-order valence-electron chi connectivity index (χ0n) is 27.9. The number of rotatable bonds is 10. The highest BCUT2D eigenvalue weighted by atomic mass is 79.9. The summed E-state index contributed by atoms with van der Waals surface area (Å²) in [5, 5.41) is 6.71. The molecule has 2 N–H and O–H groups in total. The number of aryl methyl sites for hydroxylation is 1. The first-order valence-corrected chi connectivity index (χ1v) is 19.8. The minimum absolute atomic E-state index is 0.141. The zero-order chi connectivity index (χ0) is 33.8. The molecule has 0 bridgehead atoms. The maximum Gasteiger partial charge on any atom is 0.229 e. The number of benzene rings is 3. The quantitative estimate of drug-likeness (QED) is 0.159. The maximum atomic E-state index is 16.0. The topological polar surface area (TPSA) is 91.8 Å². The summed E-state index contributed by atoms with van der Waals surface area (Å²) in [4.78, 5) is 14.3. The van der Waals surface area contributed by atoms with Gasteiger partial charge in [-0.15, -0.1) is 0 Å². The van der Waals surface area contributed by atoms with E-state index in [1.54, 1.807) is 38.8 Å². The summed E-state index contributed by atoms with van der Waals surface area (Å²) in [7, 11) is -1.38. The molecule has 0 radical (unpaired) electrons. The molecule has 9 nitrogen and oxygen atoms in total. The number of morpholine rings is 1. The minimum Gasteiger partial charge on any atom is -0.494 e. The molecule has 3 heterocycles. The molecule has 0 unspecified atom stereocenters. The summed E-state index contributed by atoms with van der Waals surface area (Å²) in [6, 6.07) is 17.5. The Morgan fingerprint density at radius 3 is 2.42 bits per heavy atom. The molecule has 2 fully saturated rings. The Bertz CT molecular complexity index is 1790. The fourth-order valence-electron chi connectivity index (χ4n) is 6.67. The van der Waals surface area contributed by atoms with Crippen molar-refractivity contribution in [3.8, 4) is 16.9 Å². The van der Waals surface area contributed by atoms with Gasteiger partial charge in [0.1, 0.15) is 24.5 Å². The van der Waals surface area contributed by atoms with Crippen molar-refractivity contribution in [3.63, 3.8) is 0 Å². The molecular formula is C36H43BrFN6O3P. The molecule has 48 heavy (non-hydrogen) atoms. The Labute approximate surface area is 290 Å². The van der Waals surface area contributed by atoms with E-state index in [4.69, 9.17) is 14.5 Å². The summed E-state index contributed by atoms with van der Waals surface area (Å²) in [5.74, 6) is 0.922. The van der Waals surface area contributed by atoms with E-state index in [-0.39, 0.29) is 5.30 Å². The molecule has 2 aliphatic rings. The second kappa shape index (κ2) is 14.9. The van der Waals surface area contributed by atoms with Gasteiger partial charge in [-0.05, 0) is 77.8 Å². The van der Waals surface area contributed by atoms with Crippen molar-refractivity contribution in [2.75, 3.05) is 75.4 Å². The van der Waals surface area contributed by atoms with Crippen LogP contribution >= 0.6 is 23.1 Å². The maximum absolute atomic E-state index is 16.0.